The number of carbonyl (C=O) groups excluding carboxylic acids is 1. The Balaban J connectivity index is 1.56. The number of carbonyl (C=O) groups is 1. The third-order valence-electron chi connectivity index (χ3n) is 4.36. The molecule has 1 aliphatic heterocycles. The summed E-state index contributed by atoms with van der Waals surface area (Å²) in [7, 11) is -3.54. The molecule has 2 aromatic rings. The molecule has 0 radical (unpaired) electrons. The number of hydrogen-bond donors (Lipinski definition) is 1. The molecule has 0 atom stereocenters. The van der Waals surface area contributed by atoms with E-state index in [4.69, 9.17) is 9.47 Å². The van der Waals surface area contributed by atoms with Crippen molar-refractivity contribution in [3.63, 3.8) is 0 Å². The molecule has 7 nitrogen and oxygen atoms in total. The normalized spacial score (nSPS) is 13.0. The van der Waals surface area contributed by atoms with Crippen molar-refractivity contribution in [2.45, 2.75) is 19.4 Å². The minimum atomic E-state index is -3.54. The predicted molar refractivity (Wildman–Crippen MR) is 107 cm³/mol. The number of sulfonamides is 1. The molecule has 0 unspecified atom stereocenters. The Morgan fingerprint density at radius 2 is 1.90 bits per heavy atom. The molecule has 0 bridgehead atoms. The summed E-state index contributed by atoms with van der Waals surface area (Å²) in [5, 5.41) is 2.71. The molecule has 1 aliphatic rings. The van der Waals surface area contributed by atoms with Gasteiger partial charge in [0, 0.05) is 25.6 Å². The van der Waals surface area contributed by atoms with E-state index in [1.54, 1.807) is 30.3 Å². The van der Waals surface area contributed by atoms with E-state index >= 15 is 0 Å². The summed E-state index contributed by atoms with van der Waals surface area (Å²) >= 11 is 0. The van der Waals surface area contributed by atoms with Gasteiger partial charge in [0.2, 0.25) is 15.9 Å². The van der Waals surface area contributed by atoms with Crippen molar-refractivity contribution in [2.75, 3.05) is 30.3 Å². The smallest absolute Gasteiger partial charge is 0.232 e. The van der Waals surface area contributed by atoms with Crippen LogP contribution in [0.2, 0.25) is 0 Å². The van der Waals surface area contributed by atoms with Crippen molar-refractivity contribution in [1.29, 1.82) is 0 Å². The first kappa shape index (κ1) is 20.9. The third kappa shape index (κ3) is 5.83. The highest BCUT2D eigenvalue weighted by Crippen LogP contribution is 2.34. The van der Waals surface area contributed by atoms with Crippen molar-refractivity contribution in [1.82, 2.24) is 5.32 Å². The van der Waals surface area contributed by atoms with E-state index < -0.39 is 10.0 Å². The number of ether oxygens (including phenoxy) is 2. The number of anilines is 1. The van der Waals surface area contributed by atoms with Crippen molar-refractivity contribution >= 4 is 21.6 Å². The van der Waals surface area contributed by atoms with Crippen LogP contribution in [0.5, 0.6) is 11.5 Å². The summed E-state index contributed by atoms with van der Waals surface area (Å²) in [6.07, 6.45) is 1.59. The first-order chi connectivity index (χ1) is 13.8. The third-order valence-corrected chi connectivity index (χ3v) is 5.55. The van der Waals surface area contributed by atoms with Crippen LogP contribution in [0.3, 0.4) is 0 Å². The highest BCUT2D eigenvalue weighted by molar-refractivity contribution is 7.92. The Kier molecular flexibility index (Phi) is 6.58. The van der Waals surface area contributed by atoms with Gasteiger partial charge < -0.3 is 14.8 Å². The zero-order chi connectivity index (χ0) is 20.9. The summed E-state index contributed by atoms with van der Waals surface area (Å²) in [5.74, 6) is 0.477. The van der Waals surface area contributed by atoms with Crippen LogP contribution in [0.4, 0.5) is 10.1 Å². The molecule has 0 saturated carbocycles. The highest BCUT2D eigenvalue weighted by Gasteiger charge is 2.21. The minimum absolute atomic E-state index is 0.145. The number of rotatable bonds is 8. The Labute approximate surface area is 169 Å². The molecule has 29 heavy (non-hydrogen) atoms. The van der Waals surface area contributed by atoms with Gasteiger partial charge in [-0.2, -0.15) is 0 Å². The van der Waals surface area contributed by atoms with E-state index in [-0.39, 0.29) is 31.2 Å². The van der Waals surface area contributed by atoms with Gasteiger partial charge in [0.1, 0.15) is 19.0 Å². The fourth-order valence-electron chi connectivity index (χ4n) is 2.99. The number of amides is 1. The van der Waals surface area contributed by atoms with Crippen LogP contribution in [0.15, 0.2) is 42.5 Å². The second-order valence-electron chi connectivity index (χ2n) is 6.67. The largest absolute Gasteiger partial charge is 0.486 e. The summed E-state index contributed by atoms with van der Waals surface area (Å²) < 4.78 is 49.9. The molecule has 0 aliphatic carbocycles. The summed E-state index contributed by atoms with van der Waals surface area (Å²) in [6.45, 7) is 1.22. The second kappa shape index (κ2) is 9.13. The standard InChI is InChI=1S/C20H23FN2O5S/c1-29(25,26)23(17-7-8-18-19(13-17)28-11-10-27-18)9-3-6-20(24)22-14-15-4-2-5-16(21)12-15/h2,4-5,7-8,12-13H,3,6,9-11,14H2,1H3,(H,22,24). The van der Waals surface area contributed by atoms with Crippen molar-refractivity contribution in [3.05, 3.63) is 53.8 Å². The number of nitrogens with zero attached hydrogens (tertiary/aromatic N) is 1. The van der Waals surface area contributed by atoms with Crippen LogP contribution in [0.1, 0.15) is 18.4 Å². The average molecular weight is 422 g/mol. The van der Waals surface area contributed by atoms with Crippen LogP contribution in [0.25, 0.3) is 0 Å². The first-order valence-corrected chi connectivity index (χ1v) is 11.1. The number of nitrogens with one attached hydrogen (secondary N) is 1. The van der Waals surface area contributed by atoms with Crippen LogP contribution >= 0.6 is 0 Å². The number of hydrogen-bond acceptors (Lipinski definition) is 5. The lowest BCUT2D eigenvalue weighted by molar-refractivity contribution is -0.121. The molecule has 0 fully saturated rings. The molecule has 0 aromatic heterocycles. The van der Waals surface area contributed by atoms with E-state index in [0.29, 0.717) is 42.4 Å². The minimum Gasteiger partial charge on any atom is -0.486 e. The molecule has 3 rings (SSSR count). The maximum absolute atomic E-state index is 13.2. The van der Waals surface area contributed by atoms with Gasteiger partial charge in [-0.1, -0.05) is 12.1 Å². The zero-order valence-electron chi connectivity index (χ0n) is 16.1. The SMILES string of the molecule is CS(=O)(=O)N(CCCC(=O)NCc1cccc(F)c1)c1ccc2c(c1)OCCO2. The molecule has 0 saturated heterocycles. The monoisotopic (exact) mass is 422 g/mol. The lowest BCUT2D eigenvalue weighted by Crippen LogP contribution is -2.32. The molecular weight excluding hydrogens is 399 g/mol. The van der Waals surface area contributed by atoms with Gasteiger partial charge in [-0.25, -0.2) is 12.8 Å². The maximum Gasteiger partial charge on any atom is 0.232 e. The Morgan fingerprint density at radius 3 is 2.62 bits per heavy atom. The van der Waals surface area contributed by atoms with E-state index in [1.807, 2.05) is 0 Å². The van der Waals surface area contributed by atoms with E-state index in [1.165, 1.54) is 16.4 Å². The summed E-state index contributed by atoms with van der Waals surface area (Å²) in [4.78, 5) is 12.1. The maximum atomic E-state index is 13.2. The van der Waals surface area contributed by atoms with Gasteiger partial charge in [-0.3, -0.25) is 9.10 Å². The zero-order valence-corrected chi connectivity index (χ0v) is 16.9. The molecule has 2 aromatic carbocycles. The van der Waals surface area contributed by atoms with E-state index in [2.05, 4.69) is 5.32 Å². The fraction of sp³-hybridized carbons (Fsp3) is 0.350. The lowest BCUT2D eigenvalue weighted by Gasteiger charge is -2.25. The van der Waals surface area contributed by atoms with Crippen LogP contribution < -0.4 is 19.1 Å². The molecule has 9 heteroatoms. The molecule has 1 heterocycles. The van der Waals surface area contributed by atoms with Gasteiger partial charge in [-0.15, -0.1) is 0 Å². The number of halogens is 1. The second-order valence-corrected chi connectivity index (χ2v) is 8.58. The Morgan fingerprint density at radius 1 is 1.14 bits per heavy atom. The van der Waals surface area contributed by atoms with Gasteiger partial charge in [0.25, 0.3) is 0 Å². The van der Waals surface area contributed by atoms with Gasteiger partial charge in [0.05, 0.1) is 11.9 Å². The van der Waals surface area contributed by atoms with Gasteiger partial charge >= 0.3 is 0 Å². The number of benzene rings is 2. The predicted octanol–water partition coefficient (Wildman–Crippen LogP) is 2.46. The van der Waals surface area contributed by atoms with Crippen molar-refractivity contribution in [3.8, 4) is 11.5 Å². The van der Waals surface area contributed by atoms with Crippen LogP contribution in [-0.4, -0.2) is 40.3 Å². The van der Waals surface area contributed by atoms with Gasteiger partial charge in [-0.05, 0) is 36.2 Å². The van der Waals surface area contributed by atoms with Crippen LogP contribution in [0, 0.1) is 5.82 Å². The van der Waals surface area contributed by atoms with Crippen LogP contribution in [-0.2, 0) is 21.4 Å². The first-order valence-electron chi connectivity index (χ1n) is 9.21. The topological polar surface area (TPSA) is 84.9 Å². The molecule has 156 valence electrons. The van der Waals surface area contributed by atoms with Crippen molar-refractivity contribution < 1.29 is 27.1 Å². The van der Waals surface area contributed by atoms with Crippen molar-refractivity contribution in [2.24, 2.45) is 0 Å². The lowest BCUT2D eigenvalue weighted by atomic mass is 10.2. The Bertz CT molecular complexity index is 981. The molecule has 1 N–H and O–H groups in total. The van der Waals surface area contributed by atoms with E-state index in [0.717, 1.165) is 6.26 Å². The summed E-state index contributed by atoms with van der Waals surface area (Å²) in [5.41, 5.74) is 1.12. The fourth-order valence-corrected chi connectivity index (χ4v) is 3.95. The van der Waals surface area contributed by atoms with Gasteiger partial charge in [0.15, 0.2) is 11.5 Å². The Hall–Kier alpha value is -2.81. The van der Waals surface area contributed by atoms with E-state index in [9.17, 15) is 17.6 Å². The molecule has 0 spiro atoms. The highest BCUT2D eigenvalue weighted by atomic mass is 32.2. The average Bonchev–Trinajstić information content (AvgIpc) is 2.68. The quantitative estimate of drug-likeness (QED) is 0.706. The summed E-state index contributed by atoms with van der Waals surface area (Å²) in [6, 6.07) is 10.9. The molecule has 1 amide bonds. The number of fused-ring (bicyclic) bond motifs is 1. The molecular formula is C20H23FN2O5S.